The molecule has 7 nitrogen and oxygen atoms in total. The number of nitrogens with zero attached hydrogens (tertiary/aromatic N) is 2. The molecule has 8 heteroatoms. The zero-order valence-electron chi connectivity index (χ0n) is 24.6. The Morgan fingerprint density at radius 2 is 1.87 bits per heavy atom. The van der Waals surface area contributed by atoms with Crippen LogP contribution in [0.2, 0.25) is 0 Å². The van der Waals surface area contributed by atoms with Crippen LogP contribution in [0.4, 0.5) is 10.5 Å². The summed E-state index contributed by atoms with van der Waals surface area (Å²) in [5, 5.41) is 0. The molecule has 0 atom stereocenters. The Labute approximate surface area is 238 Å². The maximum absolute atomic E-state index is 12.4. The fourth-order valence-electron chi connectivity index (χ4n) is 3.99. The number of benzene rings is 1. The first kappa shape index (κ1) is 33.7. The Kier molecular flexibility index (Phi) is 15.3. The summed E-state index contributed by atoms with van der Waals surface area (Å²) in [5.41, 5.74) is 4.00. The van der Waals surface area contributed by atoms with Crippen LogP contribution in [-0.2, 0) is 27.1 Å². The summed E-state index contributed by atoms with van der Waals surface area (Å²) in [7, 11) is 1.74. The van der Waals surface area contributed by atoms with Gasteiger partial charge in [-0.3, -0.25) is 4.79 Å². The van der Waals surface area contributed by atoms with E-state index in [1.165, 1.54) is 5.57 Å². The van der Waals surface area contributed by atoms with Crippen molar-refractivity contribution in [1.82, 2.24) is 4.90 Å². The molecular formula is C30H47BrN2O5. The van der Waals surface area contributed by atoms with E-state index >= 15 is 0 Å². The van der Waals surface area contributed by atoms with Gasteiger partial charge in [0.15, 0.2) is 5.75 Å². The second-order valence-electron chi connectivity index (χ2n) is 9.74. The molecule has 38 heavy (non-hydrogen) atoms. The van der Waals surface area contributed by atoms with E-state index in [0.29, 0.717) is 44.8 Å². The van der Waals surface area contributed by atoms with Crippen LogP contribution in [0.15, 0.2) is 34.3 Å². The zero-order chi connectivity index (χ0) is 28.7. The van der Waals surface area contributed by atoms with E-state index in [9.17, 15) is 9.59 Å². The lowest BCUT2D eigenvalue weighted by molar-refractivity contribution is -0.107. The second-order valence-corrected chi connectivity index (χ2v) is 10.5. The van der Waals surface area contributed by atoms with Gasteiger partial charge in [-0.1, -0.05) is 44.6 Å². The number of hydrogen-bond acceptors (Lipinski definition) is 5. The number of carbonyl (C=O) groups is 2. The molecule has 2 aliphatic heterocycles. The molecule has 2 heterocycles. The van der Waals surface area contributed by atoms with Crippen molar-refractivity contribution in [2.75, 3.05) is 44.9 Å². The van der Waals surface area contributed by atoms with Gasteiger partial charge in [0.1, 0.15) is 12.2 Å². The Morgan fingerprint density at radius 3 is 2.45 bits per heavy atom. The number of methoxy groups -OCH3 is 1. The van der Waals surface area contributed by atoms with E-state index in [1.807, 2.05) is 53.7 Å². The van der Waals surface area contributed by atoms with Crippen molar-refractivity contribution in [3.05, 3.63) is 45.5 Å². The minimum Gasteiger partial charge on any atom is -0.488 e. The second kappa shape index (κ2) is 17.3. The number of rotatable bonds is 6. The molecule has 2 aliphatic rings. The average Bonchev–Trinajstić information content (AvgIpc) is 3.12. The number of fused-ring (bicyclic) bond motifs is 2. The van der Waals surface area contributed by atoms with E-state index in [2.05, 4.69) is 35.0 Å². The Bertz CT molecular complexity index is 953. The fraction of sp³-hybridized carbons (Fsp3) is 0.600. The normalized spacial score (nSPS) is 15.1. The first-order valence-corrected chi connectivity index (χ1v) is 14.4. The molecule has 1 aromatic rings. The Hall–Kier alpha value is -2.32. The smallest absolute Gasteiger partial charge is 0.410 e. The van der Waals surface area contributed by atoms with E-state index in [4.69, 9.17) is 14.2 Å². The third kappa shape index (κ3) is 10.4. The average molecular weight is 596 g/mol. The molecule has 0 saturated carbocycles. The predicted octanol–water partition coefficient (Wildman–Crippen LogP) is 7.10. The van der Waals surface area contributed by atoms with E-state index in [0.717, 1.165) is 47.1 Å². The summed E-state index contributed by atoms with van der Waals surface area (Å²) in [6.45, 7) is 16.8. The van der Waals surface area contributed by atoms with Gasteiger partial charge >= 0.3 is 6.09 Å². The highest BCUT2D eigenvalue weighted by Gasteiger charge is 2.29. The first-order chi connectivity index (χ1) is 18.1. The quantitative estimate of drug-likeness (QED) is 0.259. The minimum atomic E-state index is -0.506. The lowest BCUT2D eigenvalue weighted by Crippen LogP contribution is -2.38. The maximum atomic E-state index is 12.4. The molecule has 3 rings (SSSR count). The standard InChI is InChI=1S/C18H23BrN2O4.C10H18O.C2H6/c1-18(2,3)25-17(23)20-6-4-12-10-14-16(15(19)13(12)5-7-20)24-9-8-21(14)11-22;1-4-6-7-10(5-2)8-9-11-3;1-2/h10-11H,4-9H2,1-3H3;4,6-7H,5,8-9H2,1-3H3;1-2H3/b;6-4-,10-7+;. The highest BCUT2D eigenvalue weighted by molar-refractivity contribution is 9.10. The topological polar surface area (TPSA) is 68.3 Å². The van der Waals surface area contributed by atoms with Crippen LogP contribution in [0.5, 0.6) is 5.75 Å². The van der Waals surface area contributed by atoms with Crippen molar-refractivity contribution in [3.63, 3.8) is 0 Å². The van der Waals surface area contributed by atoms with Crippen LogP contribution < -0.4 is 9.64 Å². The molecule has 0 N–H and O–H groups in total. The SMILES string of the molecule is C/C=C\C=C(/CC)CCOC.CC.CC(C)(C)OC(=O)N1CCc2cc3c(c(Br)c2CC1)OCCN3C=O. The number of carbonyl (C=O) groups excluding carboxylic acids is 2. The zero-order valence-corrected chi connectivity index (χ0v) is 26.2. The summed E-state index contributed by atoms with van der Waals surface area (Å²) >= 11 is 3.65. The van der Waals surface area contributed by atoms with Crippen LogP contribution in [-0.4, -0.2) is 63.0 Å². The van der Waals surface area contributed by atoms with Gasteiger partial charge in [0.05, 0.1) is 16.7 Å². The van der Waals surface area contributed by atoms with Crippen LogP contribution in [0.3, 0.4) is 0 Å². The van der Waals surface area contributed by atoms with Crippen LogP contribution in [0, 0.1) is 0 Å². The van der Waals surface area contributed by atoms with Gasteiger partial charge in [0.25, 0.3) is 0 Å². The molecule has 2 amide bonds. The van der Waals surface area contributed by atoms with Gasteiger partial charge in [0, 0.05) is 26.8 Å². The molecular weight excluding hydrogens is 548 g/mol. The number of hydrogen-bond donors (Lipinski definition) is 0. The molecule has 0 aromatic heterocycles. The van der Waals surface area contributed by atoms with Crippen molar-refractivity contribution in [2.45, 2.75) is 79.8 Å². The van der Waals surface area contributed by atoms with Gasteiger partial charge < -0.3 is 24.0 Å². The summed E-state index contributed by atoms with van der Waals surface area (Å²) in [5.74, 6) is 0.711. The van der Waals surface area contributed by atoms with Gasteiger partial charge in [0.2, 0.25) is 6.41 Å². The van der Waals surface area contributed by atoms with Crippen molar-refractivity contribution < 1.29 is 23.8 Å². The molecule has 0 aliphatic carbocycles. The third-order valence-electron chi connectivity index (χ3n) is 5.95. The van der Waals surface area contributed by atoms with E-state index in [-0.39, 0.29) is 6.09 Å². The molecule has 0 spiro atoms. The predicted molar refractivity (Wildman–Crippen MR) is 159 cm³/mol. The molecule has 0 fully saturated rings. The molecule has 0 radical (unpaired) electrons. The van der Waals surface area contributed by atoms with E-state index in [1.54, 1.807) is 16.9 Å². The number of ether oxygens (including phenoxy) is 3. The molecule has 1 aromatic carbocycles. The highest BCUT2D eigenvalue weighted by atomic mass is 79.9. The summed E-state index contributed by atoms with van der Waals surface area (Å²) < 4.78 is 17.1. The summed E-state index contributed by atoms with van der Waals surface area (Å²) in [6.07, 6.45) is 10.4. The van der Waals surface area contributed by atoms with Crippen LogP contribution >= 0.6 is 15.9 Å². The number of allylic oxidation sites excluding steroid dienone is 3. The van der Waals surface area contributed by atoms with E-state index < -0.39 is 5.60 Å². The van der Waals surface area contributed by atoms with Crippen molar-refractivity contribution in [2.24, 2.45) is 0 Å². The van der Waals surface area contributed by atoms with Crippen molar-refractivity contribution in [3.8, 4) is 5.75 Å². The van der Waals surface area contributed by atoms with Gasteiger partial charge in [-0.25, -0.2) is 4.79 Å². The van der Waals surface area contributed by atoms with Crippen molar-refractivity contribution >= 4 is 34.1 Å². The number of amides is 2. The first-order valence-electron chi connectivity index (χ1n) is 13.6. The van der Waals surface area contributed by atoms with Crippen molar-refractivity contribution in [1.29, 1.82) is 0 Å². The summed E-state index contributed by atoms with van der Waals surface area (Å²) in [4.78, 5) is 27.1. The lowest BCUT2D eigenvalue weighted by Gasteiger charge is -2.29. The third-order valence-corrected chi connectivity index (χ3v) is 6.79. The fourth-order valence-corrected chi connectivity index (χ4v) is 4.77. The van der Waals surface area contributed by atoms with Crippen LogP contribution in [0.25, 0.3) is 0 Å². The minimum absolute atomic E-state index is 0.285. The highest BCUT2D eigenvalue weighted by Crippen LogP contribution is 2.43. The molecule has 214 valence electrons. The number of anilines is 1. The maximum Gasteiger partial charge on any atom is 0.410 e. The Morgan fingerprint density at radius 1 is 1.18 bits per heavy atom. The lowest BCUT2D eigenvalue weighted by atomic mass is 10.0. The molecule has 0 unspecified atom stereocenters. The molecule has 0 bridgehead atoms. The summed E-state index contributed by atoms with van der Waals surface area (Å²) in [6, 6.07) is 2.02. The molecule has 0 saturated heterocycles. The number of halogens is 1. The van der Waals surface area contributed by atoms with Gasteiger partial charge in [-0.15, -0.1) is 0 Å². The van der Waals surface area contributed by atoms with Crippen LogP contribution in [0.1, 0.15) is 72.4 Å². The van der Waals surface area contributed by atoms with Gasteiger partial charge in [-0.05, 0) is 86.5 Å². The van der Waals surface area contributed by atoms with Gasteiger partial charge in [-0.2, -0.15) is 0 Å². The Balaban J connectivity index is 0.000000470. The monoisotopic (exact) mass is 594 g/mol. The largest absolute Gasteiger partial charge is 0.488 e.